The number of fused-ring (bicyclic) bond motifs is 1. The molecule has 2 heterocycles. The van der Waals surface area contributed by atoms with Gasteiger partial charge in [0, 0.05) is 19.8 Å². The van der Waals surface area contributed by atoms with Gasteiger partial charge in [-0.3, -0.25) is 9.59 Å². The van der Waals surface area contributed by atoms with Gasteiger partial charge in [-0.1, -0.05) is 12.1 Å². The van der Waals surface area contributed by atoms with Crippen LogP contribution >= 0.6 is 0 Å². The summed E-state index contributed by atoms with van der Waals surface area (Å²) < 4.78 is 5.89. The van der Waals surface area contributed by atoms with E-state index in [1.54, 1.807) is 18.1 Å². The molecule has 0 aliphatic carbocycles. The second kappa shape index (κ2) is 9.41. The third-order valence-corrected chi connectivity index (χ3v) is 5.29. The maximum Gasteiger partial charge on any atom is 0.304 e. The molecule has 2 N–H and O–H groups in total. The maximum atomic E-state index is 12.6. The lowest BCUT2D eigenvalue weighted by molar-refractivity contribution is -0.144. The summed E-state index contributed by atoms with van der Waals surface area (Å²) in [6.07, 6.45) is 2.85. The topological polar surface area (TPSA) is 91.8 Å². The number of nitrogens with zero attached hydrogens (tertiary/aromatic N) is 2. The number of anilines is 1. The summed E-state index contributed by atoms with van der Waals surface area (Å²) in [5, 5.41) is 12.4. The first-order valence-corrected chi connectivity index (χ1v) is 9.84. The third-order valence-electron chi connectivity index (χ3n) is 5.29. The minimum absolute atomic E-state index is 0.126. The van der Waals surface area contributed by atoms with Crippen molar-refractivity contribution in [3.05, 3.63) is 53.7 Å². The standard InChI is InChI=1S/C22H27N3O4/c1-15-19-14-18(29-11-5-10-24-20-6-3-4-9-23-20)8-7-16(19)12-17(13-21(26)27)22(28)25(15)2/h3-4,6-9,14-15,17H,5,10-13H2,1-2H3,(H,23,24)(H,26,27). The zero-order chi connectivity index (χ0) is 20.8. The molecule has 1 aliphatic heterocycles. The predicted octanol–water partition coefficient (Wildman–Crippen LogP) is 3.13. The van der Waals surface area contributed by atoms with Crippen molar-refractivity contribution in [3.63, 3.8) is 0 Å². The summed E-state index contributed by atoms with van der Waals surface area (Å²) in [6, 6.07) is 11.4. The Kier molecular flexibility index (Phi) is 6.69. The lowest BCUT2D eigenvalue weighted by Crippen LogP contribution is -2.34. The minimum atomic E-state index is -0.952. The lowest BCUT2D eigenvalue weighted by Gasteiger charge is -2.25. The van der Waals surface area contributed by atoms with Crippen LogP contribution in [-0.4, -0.2) is 47.1 Å². The van der Waals surface area contributed by atoms with Crippen LogP contribution in [0.1, 0.15) is 36.9 Å². The molecule has 154 valence electrons. The third kappa shape index (κ3) is 5.25. The normalized spacial score (nSPS) is 18.7. The Morgan fingerprint density at radius 2 is 2.17 bits per heavy atom. The van der Waals surface area contributed by atoms with Gasteiger partial charge in [0.15, 0.2) is 0 Å². The first kappa shape index (κ1) is 20.6. The van der Waals surface area contributed by atoms with E-state index < -0.39 is 11.9 Å². The molecule has 0 saturated carbocycles. The van der Waals surface area contributed by atoms with Crippen LogP contribution in [0.25, 0.3) is 0 Å². The number of amides is 1. The second-order valence-electron chi connectivity index (χ2n) is 7.33. The molecule has 0 fully saturated rings. The van der Waals surface area contributed by atoms with Crippen molar-refractivity contribution in [3.8, 4) is 5.75 Å². The number of nitrogens with one attached hydrogen (secondary N) is 1. The molecule has 7 heteroatoms. The molecule has 7 nitrogen and oxygen atoms in total. The zero-order valence-corrected chi connectivity index (χ0v) is 16.8. The summed E-state index contributed by atoms with van der Waals surface area (Å²) in [5.74, 6) is -0.0159. The van der Waals surface area contributed by atoms with Crippen molar-refractivity contribution in [1.82, 2.24) is 9.88 Å². The molecule has 2 unspecified atom stereocenters. The van der Waals surface area contributed by atoms with Crippen molar-refractivity contribution in [2.24, 2.45) is 5.92 Å². The van der Waals surface area contributed by atoms with E-state index >= 15 is 0 Å². The Morgan fingerprint density at radius 3 is 2.90 bits per heavy atom. The first-order chi connectivity index (χ1) is 14.0. The molecule has 2 aromatic rings. The van der Waals surface area contributed by atoms with Gasteiger partial charge in [-0.25, -0.2) is 4.98 Å². The number of aromatic nitrogens is 1. The number of hydrogen-bond donors (Lipinski definition) is 2. The van der Waals surface area contributed by atoms with Crippen LogP contribution in [0.5, 0.6) is 5.75 Å². The molecule has 29 heavy (non-hydrogen) atoms. The average molecular weight is 397 g/mol. The van der Waals surface area contributed by atoms with Crippen LogP contribution in [0.4, 0.5) is 5.82 Å². The number of benzene rings is 1. The Hall–Kier alpha value is -3.09. The Morgan fingerprint density at radius 1 is 1.34 bits per heavy atom. The fraction of sp³-hybridized carbons (Fsp3) is 0.409. The van der Waals surface area contributed by atoms with E-state index in [0.29, 0.717) is 13.0 Å². The molecule has 2 atom stereocenters. The van der Waals surface area contributed by atoms with Crippen molar-refractivity contribution in [2.45, 2.75) is 32.2 Å². The van der Waals surface area contributed by atoms with Crippen molar-refractivity contribution >= 4 is 17.7 Å². The van der Waals surface area contributed by atoms with E-state index in [1.165, 1.54) is 0 Å². The predicted molar refractivity (Wildman–Crippen MR) is 110 cm³/mol. The van der Waals surface area contributed by atoms with E-state index in [1.807, 2.05) is 43.3 Å². The van der Waals surface area contributed by atoms with E-state index in [2.05, 4.69) is 10.3 Å². The number of carbonyl (C=O) groups is 2. The Balaban J connectivity index is 1.60. The lowest BCUT2D eigenvalue weighted by atomic mass is 9.93. The average Bonchev–Trinajstić information content (AvgIpc) is 2.79. The van der Waals surface area contributed by atoms with Crippen LogP contribution in [0.3, 0.4) is 0 Å². The summed E-state index contributed by atoms with van der Waals surface area (Å²) in [5.41, 5.74) is 2.02. The van der Waals surface area contributed by atoms with Gasteiger partial charge in [0.1, 0.15) is 11.6 Å². The summed E-state index contributed by atoms with van der Waals surface area (Å²) >= 11 is 0. The van der Waals surface area contributed by atoms with Crippen LogP contribution < -0.4 is 10.1 Å². The van der Waals surface area contributed by atoms with Crippen LogP contribution in [0, 0.1) is 5.92 Å². The molecule has 0 radical (unpaired) electrons. The first-order valence-electron chi connectivity index (χ1n) is 9.84. The van der Waals surface area contributed by atoms with E-state index in [4.69, 9.17) is 9.84 Å². The highest BCUT2D eigenvalue weighted by Crippen LogP contribution is 2.34. The fourth-order valence-electron chi connectivity index (χ4n) is 3.59. The molecule has 1 aromatic heterocycles. The minimum Gasteiger partial charge on any atom is -0.494 e. The van der Waals surface area contributed by atoms with E-state index in [0.717, 1.165) is 35.7 Å². The molecule has 1 aromatic carbocycles. The molecular formula is C22H27N3O4. The quantitative estimate of drug-likeness (QED) is 0.665. The largest absolute Gasteiger partial charge is 0.494 e. The van der Waals surface area contributed by atoms with E-state index in [9.17, 15) is 9.59 Å². The monoisotopic (exact) mass is 397 g/mol. The molecule has 0 bridgehead atoms. The van der Waals surface area contributed by atoms with E-state index in [-0.39, 0.29) is 18.4 Å². The number of pyridine rings is 1. The van der Waals surface area contributed by atoms with Crippen molar-refractivity contribution in [2.75, 3.05) is 25.5 Å². The molecule has 1 aliphatic rings. The SMILES string of the molecule is CC1c2cc(OCCCNc3ccccn3)ccc2CC(CC(=O)O)C(=O)N1C. The smallest absolute Gasteiger partial charge is 0.304 e. The summed E-state index contributed by atoms with van der Waals surface area (Å²) in [7, 11) is 1.73. The zero-order valence-electron chi connectivity index (χ0n) is 16.8. The maximum absolute atomic E-state index is 12.6. The number of carboxylic acid groups (broad SMARTS) is 1. The number of ether oxygens (including phenoxy) is 1. The number of carbonyl (C=O) groups excluding carboxylic acids is 1. The number of aliphatic carboxylic acids is 1. The van der Waals surface area contributed by atoms with Gasteiger partial charge in [-0.05, 0) is 55.2 Å². The van der Waals surface area contributed by atoms with Crippen molar-refractivity contribution in [1.29, 1.82) is 0 Å². The fourth-order valence-corrected chi connectivity index (χ4v) is 3.59. The second-order valence-corrected chi connectivity index (χ2v) is 7.33. The van der Waals surface area contributed by atoms with Gasteiger partial charge in [0.25, 0.3) is 0 Å². The molecule has 0 spiro atoms. The van der Waals surface area contributed by atoms with Gasteiger partial charge in [0.2, 0.25) is 5.91 Å². The Bertz CT molecular complexity index is 856. The van der Waals surface area contributed by atoms with Crippen LogP contribution in [0.15, 0.2) is 42.6 Å². The van der Waals surface area contributed by atoms with Crippen molar-refractivity contribution < 1.29 is 19.4 Å². The van der Waals surface area contributed by atoms with Gasteiger partial charge >= 0.3 is 5.97 Å². The molecular weight excluding hydrogens is 370 g/mol. The van der Waals surface area contributed by atoms with Crippen LogP contribution in [-0.2, 0) is 16.0 Å². The number of hydrogen-bond acceptors (Lipinski definition) is 5. The molecule has 1 amide bonds. The summed E-state index contributed by atoms with van der Waals surface area (Å²) in [4.78, 5) is 29.6. The molecule has 3 rings (SSSR count). The molecule has 0 saturated heterocycles. The highest BCUT2D eigenvalue weighted by molar-refractivity contribution is 5.84. The van der Waals surface area contributed by atoms with Gasteiger partial charge in [0.05, 0.1) is 25.0 Å². The number of rotatable bonds is 8. The Labute approximate surface area is 170 Å². The van der Waals surface area contributed by atoms with Gasteiger partial charge in [-0.15, -0.1) is 0 Å². The highest BCUT2D eigenvalue weighted by Gasteiger charge is 2.33. The summed E-state index contributed by atoms with van der Waals surface area (Å²) in [6.45, 7) is 3.27. The van der Waals surface area contributed by atoms with Crippen LogP contribution in [0.2, 0.25) is 0 Å². The van der Waals surface area contributed by atoms with Gasteiger partial charge < -0.3 is 20.1 Å². The van der Waals surface area contributed by atoms with Gasteiger partial charge in [-0.2, -0.15) is 0 Å². The number of carboxylic acids is 1. The highest BCUT2D eigenvalue weighted by atomic mass is 16.5.